The van der Waals surface area contributed by atoms with Crippen LogP contribution < -0.4 is 27.4 Å². The molecule has 180 valence electrons. The molecule has 0 aliphatic heterocycles. The number of amides is 3. The summed E-state index contributed by atoms with van der Waals surface area (Å²) in [7, 11) is 0. The third-order valence-corrected chi connectivity index (χ3v) is 5.65. The second kappa shape index (κ2) is 16.2. The fourth-order valence-electron chi connectivity index (χ4n) is 2.57. The molecule has 10 nitrogen and oxygen atoms in total. The van der Waals surface area contributed by atoms with Crippen molar-refractivity contribution in [3.8, 4) is 0 Å². The molecule has 12 heteroatoms. The summed E-state index contributed by atoms with van der Waals surface area (Å²) in [5, 5.41) is 16.9. The number of carboxylic acids is 1. The molecule has 0 saturated heterocycles. The fourth-order valence-corrected chi connectivity index (χ4v) is 3.29. The predicted molar refractivity (Wildman–Crippen MR) is 126 cm³/mol. The zero-order valence-electron chi connectivity index (χ0n) is 18.4. The SMILES string of the molecule is CSCCC(NC(=O)C(N)C(C)C)C(=O)NC(CCCCN)C(=O)NC(CS)C(=O)O. The van der Waals surface area contributed by atoms with Crippen molar-refractivity contribution < 1.29 is 24.3 Å². The molecule has 0 aromatic heterocycles. The number of carbonyl (C=O) groups is 4. The predicted octanol–water partition coefficient (Wildman–Crippen LogP) is -0.679. The number of rotatable bonds is 16. The largest absolute Gasteiger partial charge is 0.480 e. The van der Waals surface area contributed by atoms with E-state index in [0.29, 0.717) is 31.6 Å². The van der Waals surface area contributed by atoms with Gasteiger partial charge in [0.15, 0.2) is 0 Å². The monoisotopic (exact) mass is 479 g/mol. The average molecular weight is 480 g/mol. The summed E-state index contributed by atoms with van der Waals surface area (Å²) in [6, 6.07) is -3.77. The van der Waals surface area contributed by atoms with Gasteiger partial charge in [-0.15, -0.1) is 0 Å². The van der Waals surface area contributed by atoms with Crippen molar-refractivity contribution >= 4 is 48.1 Å². The molecule has 0 heterocycles. The Hall–Kier alpha value is -1.50. The molecular weight excluding hydrogens is 442 g/mol. The van der Waals surface area contributed by atoms with E-state index in [-0.39, 0.29) is 18.1 Å². The van der Waals surface area contributed by atoms with Gasteiger partial charge >= 0.3 is 5.97 Å². The maximum Gasteiger partial charge on any atom is 0.327 e. The van der Waals surface area contributed by atoms with E-state index in [1.807, 2.05) is 6.26 Å². The van der Waals surface area contributed by atoms with Gasteiger partial charge in [0, 0.05) is 5.75 Å². The van der Waals surface area contributed by atoms with Crippen LogP contribution >= 0.6 is 24.4 Å². The highest BCUT2D eigenvalue weighted by atomic mass is 32.2. The zero-order chi connectivity index (χ0) is 24.0. The topological polar surface area (TPSA) is 177 Å². The Morgan fingerprint density at radius 2 is 1.45 bits per heavy atom. The molecule has 0 aromatic carbocycles. The molecule has 4 unspecified atom stereocenters. The number of carbonyl (C=O) groups excluding carboxylic acids is 3. The summed E-state index contributed by atoms with van der Waals surface area (Å²) in [4.78, 5) is 49.1. The van der Waals surface area contributed by atoms with Crippen molar-refractivity contribution in [2.45, 2.75) is 63.7 Å². The number of aliphatic carboxylic acids is 1. The van der Waals surface area contributed by atoms with Crippen LogP contribution in [0.2, 0.25) is 0 Å². The number of carboxylic acid groups (broad SMARTS) is 1. The van der Waals surface area contributed by atoms with E-state index in [1.54, 1.807) is 13.8 Å². The fraction of sp³-hybridized carbons (Fsp3) is 0.789. The van der Waals surface area contributed by atoms with Gasteiger partial charge in [-0.25, -0.2) is 4.79 Å². The van der Waals surface area contributed by atoms with E-state index in [9.17, 15) is 19.2 Å². The van der Waals surface area contributed by atoms with Crippen LogP contribution in [0.25, 0.3) is 0 Å². The first kappa shape index (κ1) is 29.5. The maximum absolute atomic E-state index is 12.9. The van der Waals surface area contributed by atoms with Gasteiger partial charge in [0.2, 0.25) is 17.7 Å². The van der Waals surface area contributed by atoms with Crippen LogP contribution in [-0.2, 0) is 19.2 Å². The molecule has 0 aromatic rings. The van der Waals surface area contributed by atoms with Crippen molar-refractivity contribution in [1.29, 1.82) is 0 Å². The number of nitrogens with one attached hydrogen (secondary N) is 3. The quantitative estimate of drug-likeness (QED) is 0.112. The van der Waals surface area contributed by atoms with Crippen LogP contribution in [0.4, 0.5) is 0 Å². The minimum atomic E-state index is -1.22. The third-order valence-electron chi connectivity index (χ3n) is 4.64. The highest BCUT2D eigenvalue weighted by molar-refractivity contribution is 7.98. The van der Waals surface area contributed by atoms with Crippen LogP contribution in [-0.4, -0.2) is 77.3 Å². The lowest BCUT2D eigenvalue weighted by atomic mass is 10.0. The third kappa shape index (κ3) is 11.6. The van der Waals surface area contributed by atoms with E-state index in [4.69, 9.17) is 16.6 Å². The van der Waals surface area contributed by atoms with Crippen molar-refractivity contribution in [1.82, 2.24) is 16.0 Å². The number of hydrogen-bond donors (Lipinski definition) is 7. The lowest BCUT2D eigenvalue weighted by molar-refractivity contribution is -0.141. The van der Waals surface area contributed by atoms with Gasteiger partial charge in [-0.2, -0.15) is 24.4 Å². The maximum atomic E-state index is 12.9. The van der Waals surface area contributed by atoms with Gasteiger partial charge in [-0.1, -0.05) is 13.8 Å². The Labute approximate surface area is 193 Å². The number of thioether (sulfide) groups is 1. The van der Waals surface area contributed by atoms with Crippen LogP contribution in [0.5, 0.6) is 0 Å². The molecule has 4 atom stereocenters. The Morgan fingerprint density at radius 1 is 0.935 bits per heavy atom. The van der Waals surface area contributed by atoms with Gasteiger partial charge in [0.05, 0.1) is 6.04 Å². The lowest BCUT2D eigenvalue weighted by Crippen LogP contribution is -2.57. The Bertz CT molecular complexity index is 594. The number of unbranched alkanes of at least 4 members (excludes halogenated alkanes) is 1. The first-order chi connectivity index (χ1) is 14.6. The molecule has 0 radical (unpaired) electrons. The summed E-state index contributed by atoms with van der Waals surface area (Å²) >= 11 is 5.45. The summed E-state index contributed by atoms with van der Waals surface area (Å²) < 4.78 is 0. The van der Waals surface area contributed by atoms with Gasteiger partial charge in [-0.05, 0) is 50.2 Å². The Kier molecular flexibility index (Phi) is 15.4. The summed E-state index contributed by atoms with van der Waals surface area (Å²) in [5.41, 5.74) is 11.4. The molecule has 0 bridgehead atoms. The minimum Gasteiger partial charge on any atom is -0.480 e. The van der Waals surface area contributed by atoms with E-state index in [1.165, 1.54) is 11.8 Å². The van der Waals surface area contributed by atoms with Crippen molar-refractivity contribution in [2.75, 3.05) is 24.3 Å². The highest BCUT2D eigenvalue weighted by Gasteiger charge is 2.30. The number of hydrogen-bond acceptors (Lipinski definition) is 8. The van der Waals surface area contributed by atoms with E-state index in [2.05, 4.69) is 28.6 Å². The summed E-state index contributed by atoms with van der Waals surface area (Å²) in [5.74, 6) is -2.40. The molecule has 0 spiro atoms. The molecule has 8 N–H and O–H groups in total. The van der Waals surface area contributed by atoms with Crippen molar-refractivity contribution in [3.05, 3.63) is 0 Å². The van der Waals surface area contributed by atoms with Gasteiger partial charge < -0.3 is 32.5 Å². The van der Waals surface area contributed by atoms with Gasteiger partial charge in [-0.3, -0.25) is 14.4 Å². The van der Waals surface area contributed by atoms with Crippen molar-refractivity contribution in [2.24, 2.45) is 17.4 Å². The Balaban J connectivity index is 5.36. The molecule has 0 saturated carbocycles. The molecule has 31 heavy (non-hydrogen) atoms. The van der Waals surface area contributed by atoms with Gasteiger partial charge in [0.25, 0.3) is 0 Å². The second-order valence-corrected chi connectivity index (χ2v) is 8.89. The second-order valence-electron chi connectivity index (χ2n) is 7.54. The number of thiol groups is 1. The highest BCUT2D eigenvalue weighted by Crippen LogP contribution is 2.07. The summed E-state index contributed by atoms with van der Waals surface area (Å²) in [6.07, 6.45) is 3.72. The minimum absolute atomic E-state index is 0.0932. The molecular formula is C19H37N5O5S2. The van der Waals surface area contributed by atoms with Crippen LogP contribution in [0.3, 0.4) is 0 Å². The smallest absolute Gasteiger partial charge is 0.327 e. The van der Waals surface area contributed by atoms with Crippen molar-refractivity contribution in [3.63, 3.8) is 0 Å². The van der Waals surface area contributed by atoms with Crippen LogP contribution in [0.15, 0.2) is 0 Å². The molecule has 0 rings (SSSR count). The molecule has 0 fully saturated rings. The summed E-state index contributed by atoms with van der Waals surface area (Å²) in [6.45, 7) is 4.04. The van der Waals surface area contributed by atoms with E-state index in [0.717, 1.165) is 0 Å². The molecule has 0 aliphatic carbocycles. The van der Waals surface area contributed by atoms with Gasteiger partial charge in [0.1, 0.15) is 18.1 Å². The molecule has 3 amide bonds. The first-order valence-corrected chi connectivity index (χ1v) is 12.3. The van der Waals surface area contributed by atoms with Crippen LogP contribution in [0, 0.1) is 5.92 Å². The zero-order valence-corrected chi connectivity index (χ0v) is 20.1. The number of nitrogens with two attached hydrogens (primary N) is 2. The molecule has 0 aliphatic rings. The van der Waals surface area contributed by atoms with E-state index < -0.39 is 47.9 Å². The van der Waals surface area contributed by atoms with E-state index >= 15 is 0 Å². The first-order valence-electron chi connectivity index (χ1n) is 10.3. The lowest BCUT2D eigenvalue weighted by Gasteiger charge is -2.25. The standard InChI is InChI=1S/C19H37N5O5S2/c1-11(2)15(21)18(27)23-13(7-9-31-3)17(26)22-12(6-4-5-8-20)16(25)24-14(10-30)19(28)29/h11-15,30H,4-10,20-21H2,1-3H3,(H,22,26)(H,23,27)(H,24,25)(H,28,29). The normalized spacial score (nSPS) is 14.9. The Morgan fingerprint density at radius 3 is 1.90 bits per heavy atom. The average Bonchev–Trinajstić information content (AvgIpc) is 2.72. The van der Waals surface area contributed by atoms with Crippen LogP contribution in [0.1, 0.15) is 39.5 Å².